The SMILES string of the molecule is COc1ccc(CN2CCOc3cc(Cl)c(F)c(-c4nn[nH]n4)c32)cc1F. The lowest BCUT2D eigenvalue weighted by atomic mass is 10.1. The number of benzene rings is 2. The Hall–Kier alpha value is -2.94. The average Bonchev–Trinajstić information content (AvgIpc) is 3.18. The molecule has 0 radical (unpaired) electrons. The van der Waals surface area contributed by atoms with E-state index >= 15 is 0 Å². The first-order valence-electron chi connectivity index (χ1n) is 8.04. The monoisotopic (exact) mass is 393 g/mol. The molecule has 0 saturated carbocycles. The van der Waals surface area contributed by atoms with Gasteiger partial charge in [0.15, 0.2) is 17.4 Å². The molecule has 0 unspecified atom stereocenters. The highest BCUT2D eigenvalue weighted by Crippen LogP contribution is 2.44. The lowest BCUT2D eigenvalue weighted by Gasteiger charge is -2.33. The Morgan fingerprint density at radius 3 is 2.89 bits per heavy atom. The van der Waals surface area contributed by atoms with Crippen molar-refractivity contribution in [3.05, 3.63) is 46.5 Å². The summed E-state index contributed by atoms with van der Waals surface area (Å²) < 4.78 is 39.5. The van der Waals surface area contributed by atoms with Crippen molar-refractivity contribution in [1.82, 2.24) is 20.6 Å². The van der Waals surface area contributed by atoms with E-state index in [9.17, 15) is 8.78 Å². The zero-order chi connectivity index (χ0) is 19.0. The topological polar surface area (TPSA) is 76.2 Å². The van der Waals surface area contributed by atoms with Crippen LogP contribution in [0.4, 0.5) is 14.5 Å². The van der Waals surface area contributed by atoms with Gasteiger partial charge in [-0.25, -0.2) is 8.78 Å². The van der Waals surface area contributed by atoms with Crippen LogP contribution in [0.25, 0.3) is 11.4 Å². The fourth-order valence-electron chi connectivity index (χ4n) is 3.05. The molecule has 3 aromatic rings. The van der Waals surface area contributed by atoms with Gasteiger partial charge < -0.3 is 14.4 Å². The predicted molar refractivity (Wildman–Crippen MR) is 94.1 cm³/mol. The number of anilines is 1. The van der Waals surface area contributed by atoms with Gasteiger partial charge in [-0.2, -0.15) is 5.21 Å². The molecule has 4 rings (SSSR count). The first-order chi connectivity index (χ1) is 13.1. The maximum atomic E-state index is 14.8. The Balaban J connectivity index is 1.79. The van der Waals surface area contributed by atoms with Crippen molar-refractivity contribution >= 4 is 17.3 Å². The first-order valence-corrected chi connectivity index (χ1v) is 8.42. The number of ether oxygens (including phenoxy) is 2. The third kappa shape index (κ3) is 3.14. The normalized spacial score (nSPS) is 13.3. The van der Waals surface area contributed by atoms with Crippen LogP contribution in [0.3, 0.4) is 0 Å². The third-order valence-electron chi connectivity index (χ3n) is 4.25. The van der Waals surface area contributed by atoms with Crippen LogP contribution in [0.5, 0.6) is 11.5 Å². The molecule has 0 atom stereocenters. The van der Waals surface area contributed by atoms with Gasteiger partial charge in [0.1, 0.15) is 12.4 Å². The van der Waals surface area contributed by atoms with Crippen LogP contribution < -0.4 is 14.4 Å². The highest BCUT2D eigenvalue weighted by Gasteiger charge is 2.29. The van der Waals surface area contributed by atoms with E-state index in [0.29, 0.717) is 36.7 Å². The maximum Gasteiger partial charge on any atom is 0.209 e. The summed E-state index contributed by atoms with van der Waals surface area (Å²) in [4.78, 5) is 1.87. The molecule has 1 aliphatic heterocycles. The molecule has 10 heteroatoms. The number of methoxy groups -OCH3 is 1. The summed E-state index contributed by atoms with van der Waals surface area (Å²) in [5.74, 6) is -0.520. The molecule has 27 heavy (non-hydrogen) atoms. The summed E-state index contributed by atoms with van der Waals surface area (Å²) in [6.45, 7) is 1.16. The summed E-state index contributed by atoms with van der Waals surface area (Å²) in [5.41, 5.74) is 1.22. The van der Waals surface area contributed by atoms with E-state index in [1.165, 1.54) is 19.2 Å². The van der Waals surface area contributed by atoms with Crippen molar-refractivity contribution in [1.29, 1.82) is 0 Å². The van der Waals surface area contributed by atoms with Gasteiger partial charge in [-0.1, -0.05) is 17.7 Å². The van der Waals surface area contributed by atoms with Crippen LogP contribution in [0.15, 0.2) is 24.3 Å². The Morgan fingerprint density at radius 2 is 2.19 bits per heavy atom. The molecule has 1 aromatic heterocycles. The second-order valence-electron chi connectivity index (χ2n) is 5.87. The number of hydrogen-bond acceptors (Lipinski definition) is 6. The van der Waals surface area contributed by atoms with Crippen molar-refractivity contribution in [2.75, 3.05) is 25.2 Å². The molecule has 0 aliphatic carbocycles. The summed E-state index contributed by atoms with van der Waals surface area (Å²) >= 11 is 6.01. The van der Waals surface area contributed by atoms with Gasteiger partial charge in [-0.15, -0.1) is 10.2 Å². The molecule has 2 heterocycles. The van der Waals surface area contributed by atoms with Crippen LogP contribution in [0.2, 0.25) is 5.02 Å². The molecule has 1 aliphatic rings. The minimum Gasteiger partial charge on any atom is -0.494 e. The highest BCUT2D eigenvalue weighted by atomic mass is 35.5. The highest BCUT2D eigenvalue weighted by molar-refractivity contribution is 6.31. The third-order valence-corrected chi connectivity index (χ3v) is 4.53. The fourth-order valence-corrected chi connectivity index (χ4v) is 3.25. The van der Waals surface area contributed by atoms with Crippen LogP contribution in [-0.2, 0) is 6.54 Å². The van der Waals surface area contributed by atoms with E-state index in [0.717, 1.165) is 0 Å². The summed E-state index contributed by atoms with van der Waals surface area (Å²) in [7, 11) is 1.40. The minimum absolute atomic E-state index is 0.0580. The van der Waals surface area contributed by atoms with Gasteiger partial charge in [0, 0.05) is 12.6 Å². The quantitative estimate of drug-likeness (QED) is 0.733. The van der Waals surface area contributed by atoms with Crippen LogP contribution in [-0.4, -0.2) is 40.9 Å². The van der Waals surface area contributed by atoms with Gasteiger partial charge in [-0.05, 0) is 22.9 Å². The van der Waals surface area contributed by atoms with Gasteiger partial charge >= 0.3 is 0 Å². The molecule has 7 nitrogen and oxygen atoms in total. The zero-order valence-corrected chi connectivity index (χ0v) is 14.9. The number of rotatable bonds is 4. The van der Waals surface area contributed by atoms with Gasteiger partial charge in [0.05, 0.1) is 29.9 Å². The van der Waals surface area contributed by atoms with Gasteiger partial charge in [-0.3, -0.25) is 0 Å². The average molecular weight is 394 g/mol. The van der Waals surface area contributed by atoms with Crippen molar-refractivity contribution < 1.29 is 18.3 Å². The van der Waals surface area contributed by atoms with Crippen molar-refractivity contribution in [2.24, 2.45) is 0 Å². The second kappa shape index (κ2) is 6.99. The van der Waals surface area contributed by atoms with Crippen LogP contribution in [0, 0.1) is 11.6 Å². The molecule has 0 fully saturated rings. The Kier molecular flexibility index (Phi) is 4.53. The number of aromatic nitrogens is 4. The lowest BCUT2D eigenvalue weighted by molar-refractivity contribution is 0.306. The van der Waals surface area contributed by atoms with Gasteiger partial charge in [0.25, 0.3) is 0 Å². The fraction of sp³-hybridized carbons (Fsp3) is 0.235. The second-order valence-corrected chi connectivity index (χ2v) is 6.28. The summed E-state index contributed by atoms with van der Waals surface area (Å²) in [6.07, 6.45) is 0. The molecule has 140 valence electrons. The molecule has 2 aromatic carbocycles. The van der Waals surface area contributed by atoms with E-state index in [4.69, 9.17) is 21.1 Å². The maximum absolute atomic E-state index is 14.8. The van der Waals surface area contributed by atoms with E-state index < -0.39 is 11.6 Å². The number of nitrogens with zero attached hydrogens (tertiary/aromatic N) is 4. The van der Waals surface area contributed by atoms with Crippen molar-refractivity contribution in [3.63, 3.8) is 0 Å². The molecule has 1 N–H and O–H groups in total. The molecule has 0 bridgehead atoms. The minimum atomic E-state index is -0.673. The zero-order valence-electron chi connectivity index (χ0n) is 14.2. The first kappa shape index (κ1) is 17.5. The molecule has 0 saturated heterocycles. The van der Waals surface area contributed by atoms with Crippen LogP contribution in [0.1, 0.15) is 5.56 Å². The number of nitrogens with one attached hydrogen (secondary N) is 1. The standard InChI is InChI=1S/C17H14ClF2N5O2/c1-26-12-3-2-9(6-11(12)19)8-25-4-5-27-13-7-10(18)15(20)14(16(13)25)17-21-23-24-22-17/h2-3,6-7H,4-5,8H2,1H3,(H,21,22,23,24). The largest absolute Gasteiger partial charge is 0.494 e. The van der Waals surface area contributed by atoms with Gasteiger partial charge in [0.2, 0.25) is 5.82 Å². The van der Waals surface area contributed by atoms with E-state index in [1.54, 1.807) is 12.1 Å². The van der Waals surface area contributed by atoms with E-state index in [1.807, 2.05) is 4.90 Å². The lowest BCUT2D eigenvalue weighted by Crippen LogP contribution is -2.33. The molecule has 0 amide bonds. The summed E-state index contributed by atoms with van der Waals surface area (Å²) in [5, 5.41) is 13.4. The number of H-pyrrole nitrogens is 1. The number of aromatic amines is 1. The van der Waals surface area contributed by atoms with Crippen molar-refractivity contribution in [2.45, 2.75) is 6.54 Å². The molecular formula is C17H14ClF2N5O2. The Bertz CT molecular complexity index is 984. The van der Waals surface area contributed by atoms with E-state index in [-0.39, 0.29) is 22.2 Å². The smallest absolute Gasteiger partial charge is 0.209 e. The molecule has 0 spiro atoms. The van der Waals surface area contributed by atoms with Crippen molar-refractivity contribution in [3.8, 4) is 22.9 Å². The molecular weight excluding hydrogens is 380 g/mol. The Morgan fingerprint density at radius 1 is 1.33 bits per heavy atom. The number of halogens is 3. The number of hydrogen-bond donors (Lipinski definition) is 1. The number of fused-ring (bicyclic) bond motifs is 1. The number of tetrazole rings is 1. The van der Waals surface area contributed by atoms with E-state index in [2.05, 4.69) is 20.6 Å². The van der Waals surface area contributed by atoms with Crippen LogP contribution >= 0.6 is 11.6 Å². The Labute approximate surface area is 157 Å². The summed E-state index contributed by atoms with van der Waals surface area (Å²) in [6, 6.07) is 6.09. The predicted octanol–water partition coefficient (Wildman–Crippen LogP) is 3.21.